The molecule has 102 valence electrons. The van der Waals surface area contributed by atoms with Gasteiger partial charge in [-0.25, -0.2) is 9.48 Å². The number of hydrogen-bond acceptors (Lipinski definition) is 4. The molecule has 1 aromatic rings. The van der Waals surface area contributed by atoms with Crippen molar-refractivity contribution in [1.82, 2.24) is 14.7 Å². The van der Waals surface area contributed by atoms with Gasteiger partial charge in [0, 0.05) is 19.7 Å². The lowest BCUT2D eigenvalue weighted by Gasteiger charge is -2.30. The Balaban J connectivity index is 2.36. The highest BCUT2D eigenvalue weighted by molar-refractivity contribution is 5.96. The fourth-order valence-corrected chi connectivity index (χ4v) is 2.27. The zero-order valence-corrected chi connectivity index (χ0v) is 10.8. The highest BCUT2D eigenvalue weighted by atomic mass is 16.4. The van der Waals surface area contributed by atoms with Crippen molar-refractivity contribution in [3.63, 3.8) is 0 Å². The van der Waals surface area contributed by atoms with E-state index in [-0.39, 0.29) is 11.3 Å². The second-order valence-corrected chi connectivity index (χ2v) is 4.82. The summed E-state index contributed by atoms with van der Waals surface area (Å²) in [6.45, 7) is 1.91. The van der Waals surface area contributed by atoms with Gasteiger partial charge in [-0.1, -0.05) is 0 Å². The van der Waals surface area contributed by atoms with Crippen molar-refractivity contribution in [3.05, 3.63) is 28.2 Å². The summed E-state index contributed by atoms with van der Waals surface area (Å²) in [5.74, 6) is -1.49. The van der Waals surface area contributed by atoms with Crippen molar-refractivity contribution in [2.24, 2.45) is 7.05 Å². The summed E-state index contributed by atoms with van der Waals surface area (Å²) in [5, 5.41) is 13.1. The minimum atomic E-state index is -1.20. The van der Waals surface area contributed by atoms with Gasteiger partial charge in [0.05, 0.1) is 0 Å². The minimum absolute atomic E-state index is 0.0801. The van der Waals surface area contributed by atoms with E-state index in [9.17, 15) is 19.5 Å². The summed E-state index contributed by atoms with van der Waals surface area (Å²) in [6.07, 6.45) is 1.06. The quantitative estimate of drug-likeness (QED) is 0.803. The zero-order valence-electron chi connectivity index (χ0n) is 10.8. The molecule has 19 heavy (non-hydrogen) atoms. The molecule has 7 heteroatoms. The van der Waals surface area contributed by atoms with Gasteiger partial charge in [0.2, 0.25) is 0 Å². The zero-order chi connectivity index (χ0) is 14.2. The Morgan fingerprint density at radius 1 is 1.42 bits per heavy atom. The predicted octanol–water partition coefficient (Wildman–Crippen LogP) is -0.140. The van der Waals surface area contributed by atoms with E-state index in [1.165, 1.54) is 31.0 Å². The molecule has 1 saturated heterocycles. The number of carboxylic acid groups (broad SMARTS) is 1. The lowest BCUT2D eigenvalue weighted by molar-refractivity contribution is -0.147. The van der Waals surface area contributed by atoms with Gasteiger partial charge in [-0.3, -0.25) is 9.59 Å². The second kappa shape index (κ2) is 4.49. The number of aromatic nitrogens is 2. The molecule has 0 aliphatic carbocycles. The molecule has 0 spiro atoms. The Kier molecular flexibility index (Phi) is 3.13. The third kappa shape index (κ3) is 2.11. The van der Waals surface area contributed by atoms with E-state index in [0.717, 1.165) is 4.68 Å². The van der Waals surface area contributed by atoms with Crippen LogP contribution < -0.4 is 5.56 Å². The minimum Gasteiger partial charge on any atom is -0.480 e. The van der Waals surface area contributed by atoms with Crippen LogP contribution in [0.3, 0.4) is 0 Å². The topological polar surface area (TPSA) is 92.5 Å². The average Bonchev–Trinajstić information content (AvgIpc) is 2.75. The van der Waals surface area contributed by atoms with Crippen LogP contribution in [0.15, 0.2) is 16.9 Å². The molecule has 1 amide bonds. The van der Waals surface area contributed by atoms with Crippen LogP contribution in [0.4, 0.5) is 0 Å². The first-order valence-corrected chi connectivity index (χ1v) is 5.96. The van der Waals surface area contributed by atoms with Crippen LogP contribution in [0.2, 0.25) is 0 Å². The number of aliphatic carboxylic acids is 1. The Morgan fingerprint density at radius 3 is 2.68 bits per heavy atom. The van der Waals surface area contributed by atoms with Crippen LogP contribution in [0.25, 0.3) is 0 Å². The van der Waals surface area contributed by atoms with E-state index in [0.29, 0.717) is 19.4 Å². The van der Waals surface area contributed by atoms with Crippen LogP contribution in [0.1, 0.15) is 30.3 Å². The molecule has 1 fully saturated rings. The lowest BCUT2D eigenvalue weighted by atomic mass is 9.99. The Morgan fingerprint density at radius 2 is 2.11 bits per heavy atom. The van der Waals surface area contributed by atoms with Crippen molar-refractivity contribution in [2.45, 2.75) is 25.3 Å². The number of rotatable bonds is 2. The van der Waals surface area contributed by atoms with Gasteiger partial charge in [0.1, 0.15) is 11.2 Å². The van der Waals surface area contributed by atoms with Crippen molar-refractivity contribution < 1.29 is 14.7 Å². The van der Waals surface area contributed by atoms with E-state index < -0.39 is 17.4 Å². The Hall–Kier alpha value is -2.18. The van der Waals surface area contributed by atoms with E-state index in [2.05, 4.69) is 5.10 Å². The molecule has 7 nitrogen and oxygen atoms in total. The van der Waals surface area contributed by atoms with Gasteiger partial charge >= 0.3 is 5.97 Å². The Bertz CT molecular complexity index is 595. The third-order valence-electron chi connectivity index (χ3n) is 3.53. The third-order valence-corrected chi connectivity index (χ3v) is 3.53. The van der Waals surface area contributed by atoms with E-state index >= 15 is 0 Å². The summed E-state index contributed by atoms with van der Waals surface area (Å²) in [7, 11) is 1.44. The standard InChI is InChI=1S/C12H15N3O4/c1-12(11(18)19)6-3-7-15(12)10(17)8-4-5-9(16)14(2)13-8/h4-5H,3,6-7H2,1-2H3,(H,18,19). The predicted molar refractivity (Wildman–Crippen MR) is 65.8 cm³/mol. The number of carbonyl (C=O) groups is 2. The van der Waals surface area contributed by atoms with Gasteiger partial charge in [-0.15, -0.1) is 0 Å². The molecule has 1 N–H and O–H groups in total. The summed E-state index contributed by atoms with van der Waals surface area (Å²) in [5.41, 5.74) is -1.44. The van der Waals surface area contributed by atoms with Gasteiger partial charge in [-0.2, -0.15) is 5.10 Å². The SMILES string of the molecule is Cn1nc(C(=O)N2CCCC2(C)C(=O)O)ccc1=O. The van der Waals surface area contributed by atoms with E-state index in [1.807, 2.05) is 0 Å². The molecule has 1 aliphatic heterocycles. The number of likely N-dealkylation sites (tertiary alicyclic amines) is 1. The Labute approximate surface area is 109 Å². The van der Waals surface area contributed by atoms with Crippen LogP contribution in [-0.2, 0) is 11.8 Å². The molecule has 0 bridgehead atoms. The fraction of sp³-hybridized carbons (Fsp3) is 0.500. The van der Waals surface area contributed by atoms with Crippen molar-refractivity contribution in [2.75, 3.05) is 6.54 Å². The van der Waals surface area contributed by atoms with Crippen LogP contribution >= 0.6 is 0 Å². The summed E-state index contributed by atoms with van der Waals surface area (Å²) in [6, 6.07) is 2.57. The molecule has 1 aliphatic rings. The number of hydrogen-bond donors (Lipinski definition) is 1. The van der Waals surface area contributed by atoms with E-state index in [4.69, 9.17) is 0 Å². The van der Waals surface area contributed by atoms with Crippen molar-refractivity contribution in [3.8, 4) is 0 Å². The number of aryl methyl sites for hydroxylation is 1. The number of carboxylic acids is 1. The first-order valence-electron chi connectivity index (χ1n) is 5.96. The van der Waals surface area contributed by atoms with Crippen molar-refractivity contribution >= 4 is 11.9 Å². The number of amides is 1. The van der Waals surface area contributed by atoms with Gasteiger partial charge in [0.25, 0.3) is 11.5 Å². The second-order valence-electron chi connectivity index (χ2n) is 4.82. The monoisotopic (exact) mass is 265 g/mol. The summed E-state index contributed by atoms with van der Waals surface area (Å²) in [4.78, 5) is 36.2. The van der Waals surface area contributed by atoms with Crippen molar-refractivity contribution in [1.29, 1.82) is 0 Å². The maximum absolute atomic E-state index is 12.3. The molecule has 0 aromatic carbocycles. The molecule has 1 aromatic heterocycles. The van der Waals surface area contributed by atoms with Gasteiger partial charge in [-0.05, 0) is 25.8 Å². The molecular formula is C12H15N3O4. The first kappa shape index (κ1) is 13.3. The smallest absolute Gasteiger partial charge is 0.329 e. The largest absolute Gasteiger partial charge is 0.480 e. The van der Waals surface area contributed by atoms with E-state index in [1.54, 1.807) is 0 Å². The molecular weight excluding hydrogens is 250 g/mol. The molecule has 2 heterocycles. The molecule has 0 radical (unpaired) electrons. The van der Waals surface area contributed by atoms with Crippen LogP contribution in [0.5, 0.6) is 0 Å². The normalized spacial score (nSPS) is 22.5. The highest BCUT2D eigenvalue weighted by Gasteiger charge is 2.46. The summed E-state index contributed by atoms with van der Waals surface area (Å²) >= 11 is 0. The van der Waals surface area contributed by atoms with Crippen LogP contribution in [-0.4, -0.2) is 43.7 Å². The molecule has 1 atom stereocenters. The van der Waals surface area contributed by atoms with Crippen LogP contribution in [0, 0.1) is 0 Å². The van der Waals surface area contributed by atoms with Gasteiger partial charge < -0.3 is 10.0 Å². The number of nitrogens with zero attached hydrogens (tertiary/aromatic N) is 3. The lowest BCUT2D eigenvalue weighted by Crippen LogP contribution is -2.51. The molecule has 0 saturated carbocycles. The molecule has 1 unspecified atom stereocenters. The average molecular weight is 265 g/mol. The number of carbonyl (C=O) groups excluding carboxylic acids is 1. The fourth-order valence-electron chi connectivity index (χ4n) is 2.27. The first-order chi connectivity index (χ1) is 8.86. The highest BCUT2D eigenvalue weighted by Crippen LogP contribution is 2.30. The summed E-state index contributed by atoms with van der Waals surface area (Å²) < 4.78 is 1.06. The van der Waals surface area contributed by atoms with Gasteiger partial charge in [0.15, 0.2) is 0 Å². The molecule has 2 rings (SSSR count). The maximum atomic E-state index is 12.3. The maximum Gasteiger partial charge on any atom is 0.329 e.